The average molecular weight is 235 g/mol. The molecule has 2 heterocycles. The van der Waals surface area contributed by atoms with Gasteiger partial charge in [-0.05, 0) is 12.1 Å². The summed E-state index contributed by atoms with van der Waals surface area (Å²) in [7, 11) is 0. The lowest BCUT2D eigenvalue weighted by Gasteiger charge is -1.88. The number of nitrogens with two attached hydrogens (primary N) is 1. The van der Waals surface area contributed by atoms with E-state index in [-0.39, 0.29) is 12.4 Å². The highest BCUT2D eigenvalue weighted by molar-refractivity contribution is 7.19. The fraction of sp³-hybridized carbons (Fsp3) is 0.125. The van der Waals surface area contributed by atoms with E-state index in [4.69, 9.17) is 17.3 Å². The molecule has 0 saturated carbocycles. The van der Waals surface area contributed by atoms with Crippen LogP contribution < -0.4 is 5.73 Å². The van der Waals surface area contributed by atoms with Crippen LogP contribution >= 0.6 is 35.3 Å². The van der Waals surface area contributed by atoms with Crippen LogP contribution in [-0.2, 0) is 6.54 Å². The first kappa shape index (κ1) is 10.7. The Morgan fingerprint density at radius 1 is 1.54 bits per heavy atom. The van der Waals surface area contributed by atoms with Crippen molar-refractivity contribution in [2.75, 3.05) is 0 Å². The second-order valence-corrected chi connectivity index (χ2v) is 3.96. The molecular weight excluding hydrogens is 227 g/mol. The molecule has 0 aliphatic heterocycles. The molecule has 0 saturated heterocycles. The molecular formula is C8H8Cl2N2S. The fourth-order valence-electron chi connectivity index (χ4n) is 1.08. The van der Waals surface area contributed by atoms with Crippen LogP contribution in [-0.4, -0.2) is 4.98 Å². The molecule has 2 nitrogen and oxygen atoms in total. The Morgan fingerprint density at radius 2 is 2.31 bits per heavy atom. The molecule has 70 valence electrons. The van der Waals surface area contributed by atoms with E-state index in [9.17, 15) is 0 Å². The van der Waals surface area contributed by atoms with E-state index in [0.717, 1.165) is 15.0 Å². The summed E-state index contributed by atoms with van der Waals surface area (Å²) in [4.78, 5) is 5.13. The standard InChI is InChI=1S/C8H7ClN2S.ClH/c9-8-6-3-5(4-10)12-7(6)1-2-11-8;/h1-3H,4,10H2;1H. The quantitative estimate of drug-likeness (QED) is 0.772. The van der Waals surface area contributed by atoms with Crippen molar-refractivity contribution in [2.45, 2.75) is 6.54 Å². The largest absolute Gasteiger partial charge is 0.326 e. The topological polar surface area (TPSA) is 38.9 Å². The maximum atomic E-state index is 5.88. The van der Waals surface area contributed by atoms with E-state index in [0.29, 0.717) is 11.7 Å². The highest BCUT2D eigenvalue weighted by atomic mass is 35.5. The van der Waals surface area contributed by atoms with E-state index in [2.05, 4.69) is 4.98 Å². The Bertz CT molecular complexity index is 413. The lowest BCUT2D eigenvalue weighted by atomic mass is 10.3. The van der Waals surface area contributed by atoms with Gasteiger partial charge < -0.3 is 5.73 Å². The molecule has 0 fully saturated rings. The van der Waals surface area contributed by atoms with Crippen LogP contribution in [0.3, 0.4) is 0 Å². The maximum Gasteiger partial charge on any atom is 0.137 e. The molecule has 0 atom stereocenters. The minimum Gasteiger partial charge on any atom is -0.326 e. The fourth-order valence-corrected chi connectivity index (χ4v) is 2.29. The first-order valence-corrected chi connectivity index (χ1v) is 4.73. The predicted molar refractivity (Wildman–Crippen MR) is 59.8 cm³/mol. The van der Waals surface area contributed by atoms with Crippen molar-refractivity contribution in [1.82, 2.24) is 4.98 Å². The molecule has 0 aliphatic rings. The number of pyridine rings is 1. The van der Waals surface area contributed by atoms with Crippen molar-refractivity contribution < 1.29 is 0 Å². The van der Waals surface area contributed by atoms with Crippen LogP contribution in [0, 0.1) is 0 Å². The highest BCUT2D eigenvalue weighted by Crippen LogP contribution is 2.28. The van der Waals surface area contributed by atoms with Gasteiger partial charge in [0.15, 0.2) is 0 Å². The van der Waals surface area contributed by atoms with E-state index in [1.165, 1.54) is 0 Å². The Kier molecular flexibility index (Phi) is 3.50. The SMILES string of the molecule is Cl.NCc1cc2c(Cl)nccc2s1. The summed E-state index contributed by atoms with van der Waals surface area (Å²) in [5.74, 6) is 0. The van der Waals surface area contributed by atoms with Gasteiger partial charge in [0.05, 0.1) is 0 Å². The normalized spacial score (nSPS) is 10.0. The Hall–Kier alpha value is -0.350. The summed E-state index contributed by atoms with van der Waals surface area (Å²) in [6.07, 6.45) is 1.71. The van der Waals surface area contributed by atoms with Gasteiger partial charge in [0.25, 0.3) is 0 Å². The summed E-state index contributed by atoms with van der Waals surface area (Å²) < 4.78 is 1.15. The van der Waals surface area contributed by atoms with Gasteiger partial charge >= 0.3 is 0 Å². The molecule has 2 aromatic rings. The third kappa shape index (κ3) is 1.94. The number of nitrogens with zero attached hydrogens (tertiary/aromatic N) is 1. The Labute approximate surface area is 91.1 Å². The minimum absolute atomic E-state index is 0. The summed E-state index contributed by atoms with van der Waals surface area (Å²) in [5, 5.41) is 1.56. The van der Waals surface area contributed by atoms with Gasteiger partial charge in [0.2, 0.25) is 0 Å². The van der Waals surface area contributed by atoms with Crippen LogP contribution in [0.2, 0.25) is 5.15 Å². The number of thiophene rings is 1. The number of hydrogen-bond acceptors (Lipinski definition) is 3. The van der Waals surface area contributed by atoms with Gasteiger partial charge in [0.1, 0.15) is 5.15 Å². The molecule has 0 amide bonds. The van der Waals surface area contributed by atoms with Crippen molar-refractivity contribution in [1.29, 1.82) is 0 Å². The summed E-state index contributed by atoms with van der Waals surface area (Å²) in [6, 6.07) is 3.94. The van der Waals surface area contributed by atoms with Crippen molar-refractivity contribution >= 4 is 45.4 Å². The number of rotatable bonds is 1. The van der Waals surface area contributed by atoms with E-state index >= 15 is 0 Å². The van der Waals surface area contributed by atoms with Crippen molar-refractivity contribution in [2.24, 2.45) is 5.73 Å². The summed E-state index contributed by atoms with van der Waals surface area (Å²) in [5.41, 5.74) is 5.51. The first-order chi connectivity index (χ1) is 5.81. The number of halogens is 2. The van der Waals surface area contributed by atoms with Gasteiger partial charge in [-0.25, -0.2) is 4.98 Å². The van der Waals surface area contributed by atoms with Gasteiger partial charge in [-0.1, -0.05) is 11.6 Å². The van der Waals surface area contributed by atoms with Crippen LogP contribution in [0.25, 0.3) is 10.1 Å². The minimum atomic E-state index is 0. The Balaban J connectivity index is 0.000000845. The zero-order valence-corrected chi connectivity index (χ0v) is 9.05. The third-order valence-electron chi connectivity index (χ3n) is 1.65. The number of fused-ring (bicyclic) bond motifs is 1. The summed E-state index contributed by atoms with van der Waals surface area (Å²) >= 11 is 7.54. The van der Waals surface area contributed by atoms with E-state index in [1.54, 1.807) is 17.5 Å². The molecule has 5 heteroatoms. The zero-order valence-electron chi connectivity index (χ0n) is 6.66. The van der Waals surface area contributed by atoms with Crippen molar-refractivity contribution in [3.8, 4) is 0 Å². The third-order valence-corrected chi connectivity index (χ3v) is 3.07. The monoisotopic (exact) mass is 234 g/mol. The van der Waals surface area contributed by atoms with E-state index in [1.807, 2.05) is 12.1 Å². The van der Waals surface area contributed by atoms with Gasteiger partial charge in [-0.15, -0.1) is 23.7 Å². The van der Waals surface area contributed by atoms with Crippen molar-refractivity contribution in [3.05, 3.63) is 28.4 Å². The maximum absolute atomic E-state index is 5.88. The Morgan fingerprint density at radius 3 is 2.92 bits per heavy atom. The first-order valence-electron chi connectivity index (χ1n) is 3.54. The van der Waals surface area contributed by atoms with Crippen LogP contribution in [0.15, 0.2) is 18.3 Å². The van der Waals surface area contributed by atoms with Crippen LogP contribution in [0.1, 0.15) is 4.88 Å². The predicted octanol–water partition coefficient (Wildman–Crippen LogP) is 2.83. The smallest absolute Gasteiger partial charge is 0.137 e. The summed E-state index contributed by atoms with van der Waals surface area (Å²) in [6.45, 7) is 0.565. The second kappa shape index (κ2) is 4.24. The average Bonchev–Trinajstić information content (AvgIpc) is 2.49. The molecule has 2 N–H and O–H groups in total. The van der Waals surface area contributed by atoms with E-state index < -0.39 is 0 Å². The molecule has 0 radical (unpaired) electrons. The molecule has 0 aromatic carbocycles. The van der Waals surface area contributed by atoms with Gasteiger partial charge in [-0.3, -0.25) is 0 Å². The second-order valence-electron chi connectivity index (χ2n) is 2.43. The van der Waals surface area contributed by atoms with Gasteiger partial charge in [0, 0.05) is 27.7 Å². The van der Waals surface area contributed by atoms with Crippen molar-refractivity contribution in [3.63, 3.8) is 0 Å². The lowest BCUT2D eigenvalue weighted by Crippen LogP contribution is -1.91. The van der Waals surface area contributed by atoms with Gasteiger partial charge in [-0.2, -0.15) is 0 Å². The number of hydrogen-bond donors (Lipinski definition) is 1. The molecule has 0 bridgehead atoms. The molecule has 2 aromatic heterocycles. The molecule has 0 spiro atoms. The molecule has 13 heavy (non-hydrogen) atoms. The van der Waals surface area contributed by atoms with Crippen LogP contribution in [0.5, 0.6) is 0 Å². The highest BCUT2D eigenvalue weighted by Gasteiger charge is 2.03. The lowest BCUT2D eigenvalue weighted by molar-refractivity contribution is 1.11. The number of aromatic nitrogens is 1. The zero-order chi connectivity index (χ0) is 8.55. The molecule has 0 aliphatic carbocycles. The molecule has 2 rings (SSSR count). The molecule has 0 unspecified atom stereocenters. The van der Waals surface area contributed by atoms with Crippen LogP contribution in [0.4, 0.5) is 0 Å².